The van der Waals surface area contributed by atoms with Crippen molar-refractivity contribution in [3.05, 3.63) is 36.0 Å². The Hall–Kier alpha value is -0.378. The molecule has 74 valence electrons. The molecule has 0 fully saturated rings. The maximum absolute atomic E-state index is 6.16. The van der Waals surface area contributed by atoms with Crippen molar-refractivity contribution in [2.24, 2.45) is 0 Å². The van der Waals surface area contributed by atoms with Crippen molar-refractivity contribution < 1.29 is 0 Å². The number of benzene rings is 1. The van der Waals surface area contributed by atoms with Crippen LogP contribution in [0.15, 0.2) is 36.0 Å². The minimum Gasteiger partial charge on any atom is -0.398 e. The molecule has 1 atom stereocenters. The molecule has 1 unspecified atom stereocenters. The van der Waals surface area contributed by atoms with Gasteiger partial charge in [-0.15, -0.1) is 17.7 Å². The summed E-state index contributed by atoms with van der Waals surface area (Å²) in [5.41, 5.74) is 2.10. The van der Waals surface area contributed by atoms with E-state index in [1.165, 1.54) is 0 Å². The van der Waals surface area contributed by atoms with Gasteiger partial charge in [0.2, 0.25) is 0 Å². The lowest BCUT2D eigenvalue weighted by molar-refractivity contribution is 1.64. The minimum absolute atomic E-state index is 0.497. The monoisotopic (exact) mass is 243 g/mol. The van der Waals surface area contributed by atoms with Crippen molar-refractivity contribution in [3.8, 4) is 0 Å². The normalized spacial score (nSPS) is 11.9. The minimum atomic E-state index is -1.57. The number of rotatable bonds is 4. The standard InChI is InChI=1S/C9H12BCl2NSi/c1-7(2)14(12)13-9-6-4-3-5-8(9)10-11/h3-6,10,13-14H,1H2,2H3. The molecule has 0 heterocycles. The van der Waals surface area contributed by atoms with E-state index in [1.807, 2.05) is 31.2 Å². The first-order valence-electron chi connectivity index (χ1n) is 4.35. The van der Waals surface area contributed by atoms with Gasteiger partial charge in [0.1, 0.15) is 0 Å². The Morgan fingerprint density at radius 2 is 2.14 bits per heavy atom. The van der Waals surface area contributed by atoms with Crippen molar-refractivity contribution in [1.29, 1.82) is 0 Å². The number of hydrogen-bond acceptors (Lipinski definition) is 1. The lowest BCUT2D eigenvalue weighted by atomic mass is 9.93. The molecular weight excluding hydrogens is 232 g/mol. The molecule has 5 heteroatoms. The molecule has 0 saturated heterocycles. The van der Waals surface area contributed by atoms with Crippen molar-refractivity contribution in [3.63, 3.8) is 0 Å². The highest BCUT2D eigenvalue weighted by molar-refractivity contribution is 7.12. The zero-order valence-electron chi connectivity index (χ0n) is 8.06. The van der Waals surface area contributed by atoms with Gasteiger partial charge in [-0.25, -0.2) is 0 Å². The number of allylic oxidation sites excluding steroid dienone is 1. The van der Waals surface area contributed by atoms with E-state index in [4.69, 9.17) is 22.5 Å². The second-order valence-electron chi connectivity index (χ2n) is 3.14. The summed E-state index contributed by atoms with van der Waals surface area (Å²) in [7, 11) is -1.57. The highest BCUT2D eigenvalue weighted by Crippen LogP contribution is 2.09. The fraction of sp³-hybridized carbons (Fsp3) is 0.111. The number of nitrogens with one attached hydrogen (secondary N) is 1. The van der Waals surface area contributed by atoms with Gasteiger partial charge < -0.3 is 4.98 Å². The molecule has 1 N–H and O–H groups in total. The summed E-state index contributed by atoms with van der Waals surface area (Å²) < 4.78 is 0. The van der Waals surface area contributed by atoms with E-state index < -0.39 is 8.27 Å². The third-order valence-electron chi connectivity index (χ3n) is 1.88. The molecule has 1 rings (SSSR count). The highest BCUT2D eigenvalue weighted by atomic mass is 35.6. The van der Waals surface area contributed by atoms with Gasteiger partial charge in [-0.3, -0.25) is 0 Å². The summed E-state index contributed by atoms with van der Waals surface area (Å²) >= 11 is 12.0. The van der Waals surface area contributed by atoms with E-state index in [1.54, 1.807) is 0 Å². The quantitative estimate of drug-likeness (QED) is 0.629. The Morgan fingerprint density at radius 3 is 2.71 bits per heavy atom. The second kappa shape index (κ2) is 5.49. The largest absolute Gasteiger partial charge is 0.398 e. The summed E-state index contributed by atoms with van der Waals surface area (Å²) in [5, 5.41) is 1.02. The van der Waals surface area contributed by atoms with E-state index in [2.05, 4.69) is 11.6 Å². The maximum Gasteiger partial charge on any atom is 0.267 e. The predicted molar refractivity (Wildman–Crippen MR) is 70.5 cm³/mol. The number of anilines is 1. The Kier molecular flexibility index (Phi) is 4.59. The smallest absolute Gasteiger partial charge is 0.267 e. The molecule has 0 saturated carbocycles. The average molecular weight is 244 g/mol. The Morgan fingerprint density at radius 1 is 1.50 bits per heavy atom. The van der Waals surface area contributed by atoms with Gasteiger partial charge in [0.05, 0.1) is 0 Å². The van der Waals surface area contributed by atoms with Crippen LogP contribution < -0.4 is 10.4 Å². The number of halogens is 2. The van der Waals surface area contributed by atoms with Crippen LogP contribution >= 0.6 is 22.5 Å². The molecule has 1 aromatic rings. The molecule has 0 aliphatic rings. The number of hydrogen-bond donors (Lipinski definition) is 1. The molecular formula is C9H12BCl2NSi. The van der Waals surface area contributed by atoms with Crippen molar-refractivity contribution in [2.75, 3.05) is 4.98 Å². The summed E-state index contributed by atoms with van der Waals surface area (Å²) in [6.45, 7) is 6.28. The SMILES string of the molecule is C=C(C)[SiH](Cl)Nc1ccccc1BCl. The third-order valence-corrected chi connectivity index (χ3v) is 5.04. The summed E-state index contributed by atoms with van der Waals surface area (Å²) in [4.78, 5) is 3.28. The van der Waals surface area contributed by atoms with Crippen molar-refractivity contribution in [2.45, 2.75) is 6.92 Å². The Labute approximate surface area is 96.7 Å². The van der Waals surface area contributed by atoms with Crippen LogP contribution in [0.4, 0.5) is 5.69 Å². The predicted octanol–water partition coefficient (Wildman–Crippen LogP) is 1.89. The maximum atomic E-state index is 6.16. The Balaban J connectivity index is 2.80. The molecule has 0 spiro atoms. The summed E-state index contributed by atoms with van der Waals surface area (Å²) in [6, 6.07) is 7.91. The van der Waals surface area contributed by atoms with Crippen LogP contribution in [-0.2, 0) is 0 Å². The van der Waals surface area contributed by atoms with Crippen LogP contribution in [0.25, 0.3) is 0 Å². The fourth-order valence-electron chi connectivity index (χ4n) is 1.04. The molecule has 0 aromatic heterocycles. The first kappa shape index (κ1) is 11.7. The fourth-order valence-corrected chi connectivity index (χ4v) is 2.42. The summed E-state index contributed by atoms with van der Waals surface area (Å²) in [6.07, 6.45) is 0. The molecule has 0 radical (unpaired) electrons. The van der Waals surface area contributed by atoms with Gasteiger partial charge in [-0.2, -0.15) is 11.5 Å². The van der Waals surface area contributed by atoms with E-state index in [9.17, 15) is 0 Å². The van der Waals surface area contributed by atoms with Crippen molar-refractivity contribution >= 4 is 48.7 Å². The van der Waals surface area contributed by atoms with E-state index in [0.717, 1.165) is 16.3 Å². The topological polar surface area (TPSA) is 12.0 Å². The van der Waals surface area contributed by atoms with Gasteiger partial charge in [-0.1, -0.05) is 23.4 Å². The van der Waals surface area contributed by atoms with E-state index in [0.29, 0.717) is 6.69 Å². The van der Waals surface area contributed by atoms with Crippen LogP contribution in [0.3, 0.4) is 0 Å². The molecule has 1 nitrogen and oxygen atoms in total. The highest BCUT2D eigenvalue weighted by Gasteiger charge is 2.09. The lowest BCUT2D eigenvalue weighted by Gasteiger charge is -2.13. The zero-order valence-corrected chi connectivity index (χ0v) is 10.7. The Bertz CT molecular complexity index is 332. The average Bonchev–Trinajstić information content (AvgIpc) is 2.18. The van der Waals surface area contributed by atoms with Crippen LogP contribution in [0, 0.1) is 0 Å². The summed E-state index contributed by atoms with van der Waals surface area (Å²) in [5.74, 6) is 0. The first-order valence-corrected chi connectivity index (χ1v) is 7.78. The van der Waals surface area contributed by atoms with Gasteiger partial charge in [0.15, 0.2) is 0 Å². The van der Waals surface area contributed by atoms with Gasteiger partial charge in [0.25, 0.3) is 15.0 Å². The van der Waals surface area contributed by atoms with Crippen LogP contribution in [-0.4, -0.2) is 15.0 Å². The van der Waals surface area contributed by atoms with Crippen molar-refractivity contribution in [1.82, 2.24) is 0 Å². The van der Waals surface area contributed by atoms with E-state index in [-0.39, 0.29) is 0 Å². The first-order chi connectivity index (χ1) is 6.65. The molecule has 0 amide bonds. The van der Waals surface area contributed by atoms with Gasteiger partial charge in [0, 0.05) is 5.69 Å². The molecule has 1 aromatic carbocycles. The molecule has 0 bridgehead atoms. The van der Waals surface area contributed by atoms with Gasteiger partial charge in [-0.05, 0) is 18.5 Å². The third kappa shape index (κ3) is 3.08. The molecule has 0 aliphatic carbocycles. The second-order valence-corrected chi connectivity index (χ2v) is 6.72. The van der Waals surface area contributed by atoms with E-state index >= 15 is 0 Å². The zero-order chi connectivity index (χ0) is 10.6. The van der Waals surface area contributed by atoms with Crippen LogP contribution in [0.1, 0.15) is 6.92 Å². The molecule has 0 aliphatic heterocycles. The van der Waals surface area contributed by atoms with Gasteiger partial charge >= 0.3 is 0 Å². The lowest BCUT2D eigenvalue weighted by Crippen LogP contribution is -2.25. The van der Waals surface area contributed by atoms with Crippen LogP contribution in [0.5, 0.6) is 0 Å². The van der Waals surface area contributed by atoms with Crippen LogP contribution in [0.2, 0.25) is 0 Å². The number of para-hydroxylation sites is 1. The molecule has 14 heavy (non-hydrogen) atoms.